The zero-order chi connectivity index (χ0) is 9.10. The maximum Gasteiger partial charge on any atom is 0.159 e. The van der Waals surface area contributed by atoms with Crippen LogP contribution in [0.15, 0.2) is 12.5 Å². The summed E-state index contributed by atoms with van der Waals surface area (Å²) in [6.07, 6.45) is 4.61. The van der Waals surface area contributed by atoms with E-state index in [-0.39, 0.29) is 6.10 Å². The van der Waals surface area contributed by atoms with E-state index in [4.69, 9.17) is 4.74 Å². The van der Waals surface area contributed by atoms with E-state index in [9.17, 15) is 0 Å². The van der Waals surface area contributed by atoms with Crippen molar-refractivity contribution in [3.8, 4) is 5.75 Å². The van der Waals surface area contributed by atoms with Crippen molar-refractivity contribution < 1.29 is 4.74 Å². The van der Waals surface area contributed by atoms with Gasteiger partial charge in [-0.3, -0.25) is 0 Å². The van der Waals surface area contributed by atoms with Crippen LogP contribution >= 0.6 is 0 Å². The molecule has 1 aromatic rings. The Labute approximate surface area is 77.4 Å². The molecule has 1 N–H and O–H groups in total. The number of hydrogen-bond donors (Lipinski definition) is 1. The molecular weight excluding hydrogens is 166 g/mol. The summed E-state index contributed by atoms with van der Waals surface area (Å²) in [4.78, 5) is 8.00. The first-order valence-corrected chi connectivity index (χ1v) is 4.50. The largest absolute Gasteiger partial charge is 0.486 e. The normalized spacial score (nSPS) is 21.8. The number of hydrogen-bond acceptors (Lipinski definition) is 4. The van der Waals surface area contributed by atoms with Gasteiger partial charge in [0.15, 0.2) is 5.75 Å². The van der Waals surface area contributed by atoms with Gasteiger partial charge < -0.3 is 10.1 Å². The smallest absolute Gasteiger partial charge is 0.159 e. The van der Waals surface area contributed by atoms with Crippen molar-refractivity contribution in [3.63, 3.8) is 0 Å². The molecule has 0 aliphatic carbocycles. The van der Waals surface area contributed by atoms with Crippen LogP contribution < -0.4 is 10.1 Å². The Balaban J connectivity index is 2.04. The molecule has 0 bridgehead atoms. The van der Waals surface area contributed by atoms with Crippen LogP contribution in [0.3, 0.4) is 0 Å². The number of rotatable bonds is 2. The molecule has 0 spiro atoms. The van der Waals surface area contributed by atoms with Crippen LogP contribution in [0.1, 0.15) is 12.1 Å². The lowest BCUT2D eigenvalue weighted by Crippen LogP contribution is -2.20. The van der Waals surface area contributed by atoms with Gasteiger partial charge in [0.05, 0.1) is 11.9 Å². The second-order valence-corrected chi connectivity index (χ2v) is 3.21. The van der Waals surface area contributed by atoms with Gasteiger partial charge in [-0.2, -0.15) is 0 Å². The van der Waals surface area contributed by atoms with Crippen LogP contribution in [0.2, 0.25) is 0 Å². The average Bonchev–Trinajstić information content (AvgIpc) is 2.61. The predicted molar refractivity (Wildman–Crippen MR) is 48.7 cm³/mol. The molecule has 2 heterocycles. The van der Waals surface area contributed by atoms with E-state index >= 15 is 0 Å². The third-order valence-electron chi connectivity index (χ3n) is 2.18. The summed E-state index contributed by atoms with van der Waals surface area (Å²) < 4.78 is 5.72. The Kier molecular flexibility index (Phi) is 2.40. The average molecular weight is 179 g/mol. The van der Waals surface area contributed by atoms with Crippen molar-refractivity contribution in [2.45, 2.75) is 19.4 Å². The molecule has 1 fully saturated rings. The van der Waals surface area contributed by atoms with E-state index in [1.807, 2.05) is 6.92 Å². The van der Waals surface area contributed by atoms with Crippen molar-refractivity contribution in [1.82, 2.24) is 15.3 Å². The molecule has 2 rings (SSSR count). The van der Waals surface area contributed by atoms with Gasteiger partial charge in [-0.25, -0.2) is 9.97 Å². The summed E-state index contributed by atoms with van der Waals surface area (Å²) in [6.45, 7) is 3.89. The van der Waals surface area contributed by atoms with Gasteiger partial charge in [0, 0.05) is 6.54 Å². The molecule has 0 radical (unpaired) electrons. The summed E-state index contributed by atoms with van der Waals surface area (Å²) in [5.41, 5.74) is 0.905. The van der Waals surface area contributed by atoms with Crippen LogP contribution in [0.25, 0.3) is 0 Å². The van der Waals surface area contributed by atoms with Crippen molar-refractivity contribution in [2.24, 2.45) is 0 Å². The molecule has 13 heavy (non-hydrogen) atoms. The SMILES string of the molecule is Cc1ncncc1OC1CCNC1. The summed E-state index contributed by atoms with van der Waals surface area (Å²) in [5, 5.41) is 3.25. The van der Waals surface area contributed by atoms with E-state index < -0.39 is 0 Å². The van der Waals surface area contributed by atoms with Crippen molar-refractivity contribution in [1.29, 1.82) is 0 Å². The highest BCUT2D eigenvalue weighted by molar-refractivity contribution is 5.21. The van der Waals surface area contributed by atoms with E-state index in [1.165, 1.54) is 6.33 Å². The number of nitrogens with zero attached hydrogens (tertiary/aromatic N) is 2. The molecule has 70 valence electrons. The Morgan fingerprint density at radius 1 is 1.62 bits per heavy atom. The van der Waals surface area contributed by atoms with E-state index in [0.717, 1.165) is 31.0 Å². The molecular formula is C9H13N3O. The second kappa shape index (κ2) is 3.70. The quantitative estimate of drug-likeness (QED) is 0.719. The third kappa shape index (κ3) is 1.95. The minimum Gasteiger partial charge on any atom is -0.486 e. The van der Waals surface area contributed by atoms with Gasteiger partial charge in [0.2, 0.25) is 0 Å². The highest BCUT2D eigenvalue weighted by Gasteiger charge is 2.16. The summed E-state index contributed by atoms with van der Waals surface area (Å²) in [5.74, 6) is 0.802. The second-order valence-electron chi connectivity index (χ2n) is 3.21. The van der Waals surface area contributed by atoms with Gasteiger partial charge in [0.1, 0.15) is 12.4 Å². The molecule has 0 saturated carbocycles. The lowest BCUT2D eigenvalue weighted by molar-refractivity contribution is 0.219. The summed E-state index contributed by atoms with van der Waals surface area (Å²) >= 11 is 0. The van der Waals surface area contributed by atoms with Crippen LogP contribution in [0.4, 0.5) is 0 Å². The topological polar surface area (TPSA) is 47.0 Å². The van der Waals surface area contributed by atoms with E-state index in [1.54, 1.807) is 6.20 Å². The third-order valence-corrected chi connectivity index (χ3v) is 2.18. The van der Waals surface area contributed by atoms with Crippen LogP contribution in [-0.4, -0.2) is 29.2 Å². The minimum absolute atomic E-state index is 0.282. The highest BCUT2D eigenvalue weighted by Crippen LogP contribution is 2.16. The first-order chi connectivity index (χ1) is 6.36. The standard InChI is InChI=1S/C9H13N3O/c1-7-9(5-11-6-12-7)13-8-2-3-10-4-8/h5-6,8,10H,2-4H2,1H3. The fraction of sp³-hybridized carbons (Fsp3) is 0.556. The molecule has 1 aromatic heterocycles. The lowest BCUT2D eigenvalue weighted by Gasteiger charge is -2.12. The molecule has 4 heteroatoms. The van der Waals surface area contributed by atoms with Gasteiger partial charge in [-0.05, 0) is 19.9 Å². The zero-order valence-electron chi connectivity index (χ0n) is 7.66. The van der Waals surface area contributed by atoms with Gasteiger partial charge >= 0.3 is 0 Å². The maximum atomic E-state index is 5.72. The Morgan fingerprint density at radius 2 is 2.54 bits per heavy atom. The van der Waals surface area contributed by atoms with Gasteiger partial charge in [-0.1, -0.05) is 0 Å². The van der Waals surface area contributed by atoms with E-state index in [2.05, 4.69) is 15.3 Å². The molecule has 0 aromatic carbocycles. The van der Waals surface area contributed by atoms with Crippen LogP contribution in [-0.2, 0) is 0 Å². The van der Waals surface area contributed by atoms with Gasteiger partial charge in [-0.15, -0.1) is 0 Å². The zero-order valence-corrected chi connectivity index (χ0v) is 7.66. The van der Waals surface area contributed by atoms with Crippen molar-refractivity contribution in [3.05, 3.63) is 18.2 Å². The molecule has 1 atom stereocenters. The fourth-order valence-corrected chi connectivity index (χ4v) is 1.40. The molecule has 1 saturated heterocycles. The van der Waals surface area contributed by atoms with Crippen LogP contribution in [0, 0.1) is 6.92 Å². The van der Waals surface area contributed by atoms with Crippen molar-refractivity contribution in [2.75, 3.05) is 13.1 Å². The number of ether oxygens (including phenoxy) is 1. The Morgan fingerprint density at radius 3 is 3.23 bits per heavy atom. The molecule has 4 nitrogen and oxygen atoms in total. The molecule has 0 amide bonds. The molecule has 1 aliphatic rings. The fourth-order valence-electron chi connectivity index (χ4n) is 1.40. The first-order valence-electron chi connectivity index (χ1n) is 4.50. The van der Waals surface area contributed by atoms with E-state index in [0.29, 0.717) is 0 Å². The summed E-state index contributed by atoms with van der Waals surface area (Å²) in [7, 11) is 0. The Bertz CT molecular complexity index is 284. The summed E-state index contributed by atoms with van der Waals surface area (Å²) in [6, 6.07) is 0. The van der Waals surface area contributed by atoms with Crippen LogP contribution in [0.5, 0.6) is 5.75 Å². The predicted octanol–water partition coefficient (Wildman–Crippen LogP) is 0.526. The number of aromatic nitrogens is 2. The Hall–Kier alpha value is -1.16. The monoisotopic (exact) mass is 179 g/mol. The molecule has 1 unspecified atom stereocenters. The maximum absolute atomic E-state index is 5.72. The number of aryl methyl sites for hydroxylation is 1. The molecule has 1 aliphatic heterocycles. The van der Waals surface area contributed by atoms with Gasteiger partial charge in [0.25, 0.3) is 0 Å². The number of nitrogens with one attached hydrogen (secondary N) is 1. The van der Waals surface area contributed by atoms with Crippen molar-refractivity contribution >= 4 is 0 Å². The highest BCUT2D eigenvalue weighted by atomic mass is 16.5. The lowest BCUT2D eigenvalue weighted by atomic mass is 10.3. The first kappa shape index (κ1) is 8.44. The minimum atomic E-state index is 0.282.